The van der Waals surface area contributed by atoms with E-state index in [9.17, 15) is 0 Å². The van der Waals surface area contributed by atoms with Gasteiger partial charge in [-0.05, 0) is 36.4 Å². The van der Waals surface area contributed by atoms with E-state index in [1.54, 1.807) is 0 Å². The number of halogens is 1. The van der Waals surface area contributed by atoms with Gasteiger partial charge < -0.3 is 0 Å². The monoisotopic (exact) mass is 246 g/mol. The van der Waals surface area contributed by atoms with E-state index >= 15 is 0 Å². The molecule has 0 N–H and O–H groups in total. The Balaban J connectivity index is 4.49. The number of hydrogen-bond donors (Lipinski definition) is 0. The van der Waals surface area contributed by atoms with Crippen molar-refractivity contribution in [3.8, 4) is 0 Å². The summed E-state index contributed by atoms with van der Waals surface area (Å²) in [6, 6.07) is 0. The van der Waals surface area contributed by atoms with E-state index in [-0.39, 0.29) is 0 Å². The van der Waals surface area contributed by atoms with Crippen LogP contribution < -0.4 is 0 Å². The van der Waals surface area contributed by atoms with Crippen molar-refractivity contribution in [2.75, 3.05) is 0 Å². The number of allylic oxidation sites excluding steroid dienone is 2. The zero-order chi connectivity index (χ0) is 12.1. The lowest BCUT2D eigenvalue weighted by Crippen LogP contribution is -2.39. The van der Waals surface area contributed by atoms with E-state index in [1.165, 1.54) is 12.8 Å². The molecule has 0 aromatic heterocycles. The maximum absolute atomic E-state index is 6.95. The van der Waals surface area contributed by atoms with Crippen molar-refractivity contribution >= 4 is 18.5 Å². The van der Waals surface area contributed by atoms with Crippen LogP contribution in [-0.4, -0.2) is 7.38 Å². The fraction of sp³-hybridized carbons (Fsp3) is 0.846. The van der Waals surface area contributed by atoms with Crippen molar-refractivity contribution in [3.63, 3.8) is 0 Å². The van der Waals surface area contributed by atoms with Crippen molar-refractivity contribution in [1.82, 2.24) is 0 Å². The molecule has 0 radical (unpaired) electrons. The van der Waals surface area contributed by atoms with Gasteiger partial charge in [0.2, 0.25) is 0 Å². The molecule has 0 aliphatic heterocycles. The van der Waals surface area contributed by atoms with Gasteiger partial charge >= 0.3 is 0 Å². The van der Waals surface area contributed by atoms with Gasteiger partial charge in [0.25, 0.3) is 0 Å². The molecule has 0 fully saturated rings. The third-order valence-electron chi connectivity index (χ3n) is 3.53. The van der Waals surface area contributed by atoms with Crippen LogP contribution in [0.4, 0.5) is 0 Å². The largest absolute Gasteiger partial charge is 0.166 e. The van der Waals surface area contributed by atoms with Crippen LogP contribution >= 0.6 is 11.1 Å². The molecule has 0 aliphatic rings. The molecular formula is C13H27ClSi. The SMILES string of the molecule is CC=CCCC(C)[Si](Cl)(C(C)C)C(C)C. The molecule has 0 heterocycles. The number of rotatable bonds is 6. The van der Waals surface area contributed by atoms with Gasteiger partial charge in [-0.25, -0.2) is 0 Å². The van der Waals surface area contributed by atoms with Crippen LogP contribution in [0.2, 0.25) is 16.6 Å². The second kappa shape index (κ2) is 6.75. The van der Waals surface area contributed by atoms with E-state index < -0.39 is 7.38 Å². The molecule has 0 aliphatic carbocycles. The molecule has 0 saturated heterocycles. The molecule has 0 bridgehead atoms. The molecule has 90 valence electrons. The summed E-state index contributed by atoms with van der Waals surface area (Å²) in [6.07, 6.45) is 6.81. The summed E-state index contributed by atoms with van der Waals surface area (Å²) < 4.78 is 0. The smallest absolute Gasteiger partial charge is 0.164 e. The van der Waals surface area contributed by atoms with Crippen molar-refractivity contribution in [2.24, 2.45) is 0 Å². The second-order valence-corrected chi connectivity index (χ2v) is 12.1. The maximum Gasteiger partial charge on any atom is 0.164 e. The fourth-order valence-corrected chi connectivity index (χ4v) is 7.08. The second-order valence-electron chi connectivity index (χ2n) is 5.18. The van der Waals surface area contributed by atoms with Gasteiger partial charge in [0.1, 0.15) is 0 Å². The molecule has 0 saturated carbocycles. The highest BCUT2D eigenvalue weighted by Gasteiger charge is 2.42. The number of hydrogen-bond acceptors (Lipinski definition) is 0. The highest BCUT2D eigenvalue weighted by Crippen LogP contribution is 2.46. The molecule has 0 spiro atoms. The predicted molar refractivity (Wildman–Crippen MR) is 75.3 cm³/mol. The maximum atomic E-state index is 6.95. The summed E-state index contributed by atoms with van der Waals surface area (Å²) in [7, 11) is -1.62. The van der Waals surface area contributed by atoms with Gasteiger partial charge in [-0.3, -0.25) is 0 Å². The van der Waals surface area contributed by atoms with Crippen LogP contribution in [0.5, 0.6) is 0 Å². The van der Waals surface area contributed by atoms with Gasteiger partial charge in [0, 0.05) is 0 Å². The average Bonchev–Trinajstić information content (AvgIpc) is 2.15. The first-order valence-electron chi connectivity index (χ1n) is 6.17. The van der Waals surface area contributed by atoms with Gasteiger partial charge in [-0.2, -0.15) is 11.1 Å². The van der Waals surface area contributed by atoms with E-state index in [0.29, 0.717) is 16.6 Å². The highest BCUT2D eigenvalue weighted by molar-refractivity contribution is 7.22. The first kappa shape index (κ1) is 15.2. The minimum absolute atomic E-state index is 0.666. The Morgan fingerprint density at radius 1 is 1.07 bits per heavy atom. The first-order valence-corrected chi connectivity index (χ1v) is 9.41. The van der Waals surface area contributed by atoms with Gasteiger partial charge in [0.05, 0.1) is 0 Å². The molecule has 0 aromatic rings. The first-order chi connectivity index (χ1) is 6.87. The van der Waals surface area contributed by atoms with Crippen LogP contribution in [0.25, 0.3) is 0 Å². The lowest BCUT2D eigenvalue weighted by Gasteiger charge is -2.38. The van der Waals surface area contributed by atoms with Crippen LogP contribution in [0.15, 0.2) is 12.2 Å². The molecule has 1 unspecified atom stereocenters. The summed E-state index contributed by atoms with van der Waals surface area (Å²) in [5, 5.41) is 0. The van der Waals surface area contributed by atoms with Gasteiger partial charge in [-0.15, -0.1) is 0 Å². The van der Waals surface area contributed by atoms with Crippen LogP contribution in [-0.2, 0) is 0 Å². The minimum Gasteiger partial charge on any atom is -0.166 e. The fourth-order valence-electron chi connectivity index (χ4n) is 2.54. The summed E-state index contributed by atoms with van der Waals surface area (Å²) in [4.78, 5) is 0. The normalized spacial score (nSPS) is 15.5. The average molecular weight is 247 g/mol. The lowest BCUT2D eigenvalue weighted by molar-refractivity contribution is 0.740. The Morgan fingerprint density at radius 2 is 1.53 bits per heavy atom. The van der Waals surface area contributed by atoms with Crippen molar-refractivity contribution in [2.45, 2.75) is 71.0 Å². The topological polar surface area (TPSA) is 0 Å². The van der Waals surface area contributed by atoms with E-state index in [2.05, 4.69) is 53.7 Å². The third kappa shape index (κ3) is 3.95. The zero-order valence-electron chi connectivity index (χ0n) is 11.2. The van der Waals surface area contributed by atoms with Crippen LogP contribution in [0.3, 0.4) is 0 Å². The standard InChI is InChI=1S/C13H27ClSi/c1-7-8-9-10-13(6)15(14,11(2)3)12(4)5/h7-8,11-13H,9-10H2,1-6H3. The Hall–Kier alpha value is 0.247. The minimum atomic E-state index is -1.62. The van der Waals surface area contributed by atoms with Crippen molar-refractivity contribution in [1.29, 1.82) is 0 Å². The van der Waals surface area contributed by atoms with Gasteiger partial charge in [-0.1, -0.05) is 46.8 Å². The van der Waals surface area contributed by atoms with Crippen molar-refractivity contribution in [3.05, 3.63) is 12.2 Å². The molecule has 15 heavy (non-hydrogen) atoms. The van der Waals surface area contributed by atoms with E-state index in [0.717, 1.165) is 0 Å². The molecular weight excluding hydrogens is 220 g/mol. The third-order valence-corrected chi connectivity index (χ3v) is 12.6. The molecule has 0 rings (SSSR count). The molecule has 2 heteroatoms. The van der Waals surface area contributed by atoms with E-state index in [4.69, 9.17) is 11.1 Å². The Kier molecular flexibility index (Phi) is 6.86. The zero-order valence-corrected chi connectivity index (χ0v) is 12.9. The Morgan fingerprint density at radius 3 is 1.87 bits per heavy atom. The van der Waals surface area contributed by atoms with Crippen LogP contribution in [0.1, 0.15) is 54.4 Å². The summed E-state index contributed by atoms with van der Waals surface area (Å²) in [5.74, 6) is 0. The Labute approximate surface area is 102 Å². The van der Waals surface area contributed by atoms with Crippen LogP contribution in [0, 0.1) is 0 Å². The Bertz CT molecular complexity index is 189. The molecule has 1 atom stereocenters. The quantitative estimate of drug-likeness (QED) is 0.319. The summed E-state index contributed by atoms with van der Waals surface area (Å²) >= 11 is 6.95. The van der Waals surface area contributed by atoms with Gasteiger partial charge in [0.15, 0.2) is 7.38 Å². The lowest BCUT2D eigenvalue weighted by atomic mass is 10.2. The van der Waals surface area contributed by atoms with Crippen molar-refractivity contribution < 1.29 is 0 Å². The predicted octanol–water partition coefficient (Wildman–Crippen LogP) is 5.74. The van der Waals surface area contributed by atoms with E-state index in [1.807, 2.05) is 0 Å². The molecule has 0 amide bonds. The summed E-state index contributed by atoms with van der Waals surface area (Å²) in [5.41, 5.74) is 2.04. The highest BCUT2D eigenvalue weighted by atomic mass is 35.6. The summed E-state index contributed by atoms with van der Waals surface area (Å²) in [6.45, 7) is 13.6. The molecule has 0 aromatic carbocycles. The molecule has 0 nitrogen and oxygen atoms in total.